The summed E-state index contributed by atoms with van der Waals surface area (Å²) in [6.45, 7) is 3.38. The Labute approximate surface area is 163 Å². The highest BCUT2D eigenvalue weighted by atomic mass is 35.5. The topological polar surface area (TPSA) is 61.4 Å². The lowest BCUT2D eigenvalue weighted by Crippen LogP contribution is -2.48. The number of carbonyl (C=O) groups excluding carboxylic acids is 2. The smallest absolute Gasteiger partial charge is 0.227 e. The largest absolute Gasteiger partial charge is 0.353 e. The first-order valence-electron chi connectivity index (χ1n) is 8.22. The summed E-state index contributed by atoms with van der Waals surface area (Å²) in [5.41, 5.74) is 0.642. The Kier molecular flexibility index (Phi) is 6.97. The van der Waals surface area contributed by atoms with Crippen LogP contribution in [0.3, 0.4) is 0 Å². The Balaban J connectivity index is 0.00000225. The lowest BCUT2D eigenvalue weighted by Gasteiger charge is -2.29. The molecule has 3 atom stereocenters. The van der Waals surface area contributed by atoms with Gasteiger partial charge >= 0.3 is 0 Å². The van der Waals surface area contributed by atoms with Gasteiger partial charge < -0.3 is 15.5 Å². The maximum Gasteiger partial charge on any atom is 0.227 e. The van der Waals surface area contributed by atoms with Gasteiger partial charge in [-0.2, -0.15) is 0 Å². The first-order valence-corrected chi connectivity index (χ1v) is 8.98. The molecule has 0 aromatic heterocycles. The molecule has 3 rings (SSSR count). The summed E-state index contributed by atoms with van der Waals surface area (Å²) < 4.78 is 0. The zero-order valence-electron chi connectivity index (χ0n) is 13.9. The first-order chi connectivity index (χ1) is 11.4. The minimum absolute atomic E-state index is 0. The van der Waals surface area contributed by atoms with Gasteiger partial charge in [0.1, 0.15) is 0 Å². The standard InChI is InChI=1S/C17H21Cl2N3O2.ClH/c1-10-4-14(2-3-20-10)21-17(24)11-5-16(23)22(9-11)15-7-12(18)6-13(19)8-15;/h6-8,10-11,14,20H,2-5,9H2,1H3,(H,21,24);1H. The lowest BCUT2D eigenvalue weighted by atomic mass is 9.99. The van der Waals surface area contributed by atoms with Crippen molar-refractivity contribution in [1.29, 1.82) is 0 Å². The monoisotopic (exact) mass is 405 g/mol. The Bertz CT molecular complexity index is 636. The van der Waals surface area contributed by atoms with Crippen LogP contribution in [0, 0.1) is 5.92 Å². The molecule has 2 aliphatic heterocycles. The van der Waals surface area contributed by atoms with Crippen molar-refractivity contribution in [2.24, 2.45) is 5.92 Å². The molecule has 25 heavy (non-hydrogen) atoms. The van der Waals surface area contributed by atoms with Gasteiger partial charge in [-0.15, -0.1) is 12.4 Å². The summed E-state index contributed by atoms with van der Waals surface area (Å²) in [6.07, 6.45) is 2.06. The number of halogens is 3. The first kappa shape index (κ1) is 20.3. The number of piperidine rings is 1. The van der Waals surface area contributed by atoms with Crippen LogP contribution in [-0.4, -0.2) is 37.0 Å². The van der Waals surface area contributed by atoms with E-state index in [1.807, 2.05) is 0 Å². The zero-order chi connectivity index (χ0) is 17.3. The van der Waals surface area contributed by atoms with Crippen LogP contribution in [0.5, 0.6) is 0 Å². The van der Waals surface area contributed by atoms with E-state index in [1.54, 1.807) is 23.1 Å². The van der Waals surface area contributed by atoms with E-state index < -0.39 is 0 Å². The highest BCUT2D eigenvalue weighted by Gasteiger charge is 2.36. The fourth-order valence-corrected chi connectivity index (χ4v) is 3.92. The van der Waals surface area contributed by atoms with Gasteiger partial charge in [0, 0.05) is 40.8 Å². The molecule has 2 aliphatic rings. The minimum atomic E-state index is -0.333. The molecule has 138 valence electrons. The van der Waals surface area contributed by atoms with Crippen molar-refractivity contribution in [3.63, 3.8) is 0 Å². The lowest BCUT2D eigenvalue weighted by molar-refractivity contribution is -0.127. The maximum atomic E-state index is 12.5. The molecule has 5 nitrogen and oxygen atoms in total. The average molecular weight is 407 g/mol. The molecule has 0 bridgehead atoms. The molecule has 2 saturated heterocycles. The summed E-state index contributed by atoms with van der Waals surface area (Å²) in [7, 11) is 0. The van der Waals surface area contributed by atoms with Crippen molar-refractivity contribution in [2.75, 3.05) is 18.0 Å². The average Bonchev–Trinajstić information content (AvgIpc) is 2.88. The second-order valence-corrected chi connectivity index (χ2v) is 7.49. The number of rotatable bonds is 3. The van der Waals surface area contributed by atoms with Gasteiger partial charge in [-0.25, -0.2) is 0 Å². The molecule has 0 saturated carbocycles. The normalized spacial score (nSPS) is 26.3. The molecule has 3 unspecified atom stereocenters. The molecule has 0 radical (unpaired) electrons. The second-order valence-electron chi connectivity index (χ2n) is 6.62. The van der Waals surface area contributed by atoms with Crippen molar-refractivity contribution >= 4 is 53.1 Å². The predicted octanol–water partition coefficient (Wildman–Crippen LogP) is 3.02. The van der Waals surface area contributed by atoms with Gasteiger partial charge in [0.15, 0.2) is 0 Å². The van der Waals surface area contributed by atoms with E-state index in [4.69, 9.17) is 23.2 Å². The third-order valence-corrected chi connectivity index (χ3v) is 5.06. The fraction of sp³-hybridized carbons (Fsp3) is 0.529. The molecule has 2 amide bonds. The predicted molar refractivity (Wildman–Crippen MR) is 103 cm³/mol. The van der Waals surface area contributed by atoms with Crippen LogP contribution in [-0.2, 0) is 9.59 Å². The minimum Gasteiger partial charge on any atom is -0.353 e. The van der Waals surface area contributed by atoms with Crippen LogP contribution >= 0.6 is 35.6 Å². The van der Waals surface area contributed by atoms with Crippen molar-refractivity contribution < 1.29 is 9.59 Å². The van der Waals surface area contributed by atoms with Gasteiger partial charge in [-0.05, 0) is 44.5 Å². The molecular weight excluding hydrogens is 385 g/mol. The van der Waals surface area contributed by atoms with Crippen molar-refractivity contribution in [3.05, 3.63) is 28.2 Å². The van der Waals surface area contributed by atoms with Gasteiger partial charge in [0.25, 0.3) is 0 Å². The van der Waals surface area contributed by atoms with Crippen LogP contribution in [0.1, 0.15) is 26.2 Å². The van der Waals surface area contributed by atoms with E-state index >= 15 is 0 Å². The van der Waals surface area contributed by atoms with Gasteiger partial charge in [0.2, 0.25) is 11.8 Å². The van der Waals surface area contributed by atoms with Crippen LogP contribution in [0.25, 0.3) is 0 Å². The fourth-order valence-electron chi connectivity index (χ4n) is 3.41. The summed E-state index contributed by atoms with van der Waals surface area (Å²) in [5.74, 6) is -0.453. The number of benzene rings is 1. The van der Waals surface area contributed by atoms with E-state index in [0.29, 0.717) is 28.3 Å². The molecule has 2 N–H and O–H groups in total. The number of hydrogen-bond acceptors (Lipinski definition) is 3. The number of amides is 2. The molecule has 2 fully saturated rings. The van der Waals surface area contributed by atoms with Crippen molar-refractivity contribution in [2.45, 2.75) is 38.3 Å². The van der Waals surface area contributed by atoms with Crippen LogP contribution in [0.2, 0.25) is 10.0 Å². The van der Waals surface area contributed by atoms with Gasteiger partial charge in [-0.1, -0.05) is 23.2 Å². The molecular formula is C17H22Cl3N3O2. The van der Waals surface area contributed by atoms with E-state index in [-0.39, 0.29) is 42.6 Å². The number of nitrogens with zero attached hydrogens (tertiary/aromatic N) is 1. The molecule has 1 aromatic rings. The van der Waals surface area contributed by atoms with E-state index in [9.17, 15) is 9.59 Å². The summed E-state index contributed by atoms with van der Waals surface area (Å²) in [6, 6.07) is 5.59. The molecule has 1 aromatic carbocycles. The Morgan fingerprint density at radius 3 is 2.60 bits per heavy atom. The Hall–Kier alpha value is -1.01. The Morgan fingerprint density at radius 1 is 1.28 bits per heavy atom. The van der Waals surface area contributed by atoms with Crippen molar-refractivity contribution in [1.82, 2.24) is 10.6 Å². The quantitative estimate of drug-likeness (QED) is 0.811. The number of carbonyl (C=O) groups is 2. The van der Waals surface area contributed by atoms with Crippen LogP contribution in [0.15, 0.2) is 18.2 Å². The summed E-state index contributed by atoms with van der Waals surface area (Å²) in [4.78, 5) is 26.4. The second kappa shape index (κ2) is 8.58. The zero-order valence-corrected chi connectivity index (χ0v) is 16.3. The number of anilines is 1. The maximum absolute atomic E-state index is 12.5. The molecule has 2 heterocycles. The van der Waals surface area contributed by atoms with Crippen LogP contribution in [0.4, 0.5) is 5.69 Å². The number of hydrogen-bond donors (Lipinski definition) is 2. The summed E-state index contributed by atoms with van der Waals surface area (Å²) >= 11 is 12.0. The SMILES string of the molecule is CC1CC(NC(=O)C2CC(=O)N(c3cc(Cl)cc(Cl)c3)C2)CCN1.Cl. The van der Waals surface area contributed by atoms with E-state index in [0.717, 1.165) is 19.4 Å². The van der Waals surface area contributed by atoms with E-state index in [1.165, 1.54) is 0 Å². The van der Waals surface area contributed by atoms with Crippen LogP contribution < -0.4 is 15.5 Å². The third-order valence-electron chi connectivity index (χ3n) is 4.62. The van der Waals surface area contributed by atoms with Crippen molar-refractivity contribution in [3.8, 4) is 0 Å². The highest BCUT2D eigenvalue weighted by Crippen LogP contribution is 2.30. The third kappa shape index (κ3) is 5.00. The highest BCUT2D eigenvalue weighted by molar-refractivity contribution is 6.35. The van der Waals surface area contributed by atoms with E-state index in [2.05, 4.69) is 17.6 Å². The Morgan fingerprint density at radius 2 is 1.96 bits per heavy atom. The van der Waals surface area contributed by atoms with Gasteiger partial charge in [-0.3, -0.25) is 9.59 Å². The summed E-state index contributed by atoms with van der Waals surface area (Å²) in [5, 5.41) is 7.41. The molecule has 0 spiro atoms. The molecule has 0 aliphatic carbocycles. The number of nitrogens with one attached hydrogen (secondary N) is 2. The van der Waals surface area contributed by atoms with Gasteiger partial charge in [0.05, 0.1) is 5.92 Å². The molecule has 8 heteroatoms.